The summed E-state index contributed by atoms with van der Waals surface area (Å²) in [5, 5.41) is 8.96. The van der Waals surface area contributed by atoms with Gasteiger partial charge in [-0.15, -0.1) is 0 Å². The van der Waals surface area contributed by atoms with Crippen molar-refractivity contribution in [3.8, 4) is 6.07 Å². The number of nitrogens with zero attached hydrogens (tertiary/aromatic N) is 2. The molecule has 1 aromatic rings. The maximum absolute atomic E-state index is 12.4. The Morgan fingerprint density at radius 2 is 2.00 bits per heavy atom. The van der Waals surface area contributed by atoms with E-state index in [4.69, 9.17) is 5.26 Å². The molecular formula is C13H14N2O3S. The lowest BCUT2D eigenvalue weighted by Gasteiger charge is -2.19. The van der Waals surface area contributed by atoms with Gasteiger partial charge in [0, 0.05) is 12.1 Å². The predicted octanol–water partition coefficient (Wildman–Crippen LogP) is 1.57. The molecule has 0 aromatic heterocycles. The molecule has 5 nitrogen and oxygen atoms in total. The molecule has 6 heteroatoms. The minimum absolute atomic E-state index is 0.111. The fourth-order valence-corrected chi connectivity index (χ4v) is 3.76. The van der Waals surface area contributed by atoms with E-state index in [1.165, 1.54) is 35.5 Å². The predicted molar refractivity (Wildman–Crippen MR) is 69.0 cm³/mol. The van der Waals surface area contributed by atoms with Crippen molar-refractivity contribution < 1.29 is 13.2 Å². The molecule has 0 bridgehead atoms. The van der Waals surface area contributed by atoms with Crippen LogP contribution in [0.5, 0.6) is 0 Å². The van der Waals surface area contributed by atoms with Crippen molar-refractivity contribution in [2.24, 2.45) is 0 Å². The number of Topliss-reactive ketones (excluding diaryl/α,β-unsaturated/α-hetero) is 1. The first-order valence-electron chi connectivity index (χ1n) is 5.99. The average Bonchev–Trinajstić information content (AvgIpc) is 2.87. The van der Waals surface area contributed by atoms with E-state index in [1.54, 1.807) is 0 Å². The second-order valence-corrected chi connectivity index (χ2v) is 6.37. The molecule has 0 spiro atoms. The topological polar surface area (TPSA) is 78.2 Å². The molecule has 1 atom stereocenters. The minimum Gasteiger partial charge on any atom is -0.295 e. The summed E-state index contributed by atoms with van der Waals surface area (Å²) < 4.78 is 26.0. The molecule has 0 N–H and O–H groups in total. The summed E-state index contributed by atoms with van der Waals surface area (Å²) in [5.41, 5.74) is 0.470. The summed E-state index contributed by atoms with van der Waals surface area (Å²) >= 11 is 0. The van der Waals surface area contributed by atoms with Gasteiger partial charge in [0.2, 0.25) is 10.0 Å². The molecule has 1 aliphatic heterocycles. The van der Waals surface area contributed by atoms with Gasteiger partial charge in [0.1, 0.15) is 6.04 Å². The Kier molecular flexibility index (Phi) is 3.69. The number of hydrogen-bond acceptors (Lipinski definition) is 4. The fourth-order valence-electron chi connectivity index (χ4n) is 2.15. The van der Waals surface area contributed by atoms with E-state index in [-0.39, 0.29) is 10.7 Å². The molecule has 2 rings (SSSR count). The van der Waals surface area contributed by atoms with Gasteiger partial charge >= 0.3 is 0 Å². The number of ketones is 1. The molecule has 0 aliphatic carbocycles. The zero-order valence-corrected chi connectivity index (χ0v) is 11.4. The minimum atomic E-state index is -3.64. The van der Waals surface area contributed by atoms with Crippen molar-refractivity contribution in [3.63, 3.8) is 0 Å². The Bertz CT molecular complexity index is 629. The number of hydrogen-bond donors (Lipinski definition) is 0. The van der Waals surface area contributed by atoms with Gasteiger partial charge in [-0.2, -0.15) is 9.57 Å². The van der Waals surface area contributed by atoms with E-state index in [0.29, 0.717) is 24.9 Å². The van der Waals surface area contributed by atoms with Crippen LogP contribution < -0.4 is 0 Å². The lowest BCUT2D eigenvalue weighted by atomic mass is 10.2. The van der Waals surface area contributed by atoms with Crippen LogP contribution in [0.1, 0.15) is 30.1 Å². The van der Waals surface area contributed by atoms with Gasteiger partial charge in [0.05, 0.1) is 11.0 Å². The number of rotatable bonds is 3. The summed E-state index contributed by atoms with van der Waals surface area (Å²) in [5.74, 6) is -0.111. The van der Waals surface area contributed by atoms with E-state index in [1.807, 2.05) is 6.07 Å². The summed E-state index contributed by atoms with van der Waals surface area (Å²) in [4.78, 5) is 11.3. The van der Waals surface area contributed by atoms with Gasteiger partial charge in [-0.3, -0.25) is 4.79 Å². The highest BCUT2D eigenvalue weighted by atomic mass is 32.2. The van der Waals surface area contributed by atoms with Crippen LogP contribution in [0.25, 0.3) is 0 Å². The van der Waals surface area contributed by atoms with Crippen molar-refractivity contribution in [2.75, 3.05) is 6.54 Å². The maximum atomic E-state index is 12.4. The Labute approximate surface area is 112 Å². The van der Waals surface area contributed by atoms with Crippen molar-refractivity contribution in [1.29, 1.82) is 5.26 Å². The van der Waals surface area contributed by atoms with Crippen LogP contribution in [-0.4, -0.2) is 31.1 Å². The number of carbonyl (C=O) groups is 1. The number of sulfonamides is 1. The van der Waals surface area contributed by atoms with Gasteiger partial charge < -0.3 is 0 Å². The zero-order chi connectivity index (χ0) is 14.0. The molecule has 0 amide bonds. The first kappa shape index (κ1) is 13.7. The summed E-state index contributed by atoms with van der Waals surface area (Å²) in [6.45, 7) is 1.80. The average molecular weight is 278 g/mol. The van der Waals surface area contributed by atoms with Crippen LogP contribution in [0.2, 0.25) is 0 Å². The molecule has 0 radical (unpaired) electrons. The third kappa shape index (κ3) is 2.53. The molecule has 1 fully saturated rings. The Hall–Kier alpha value is -1.71. The third-order valence-corrected chi connectivity index (χ3v) is 5.14. The zero-order valence-electron chi connectivity index (χ0n) is 10.5. The second kappa shape index (κ2) is 5.11. The standard InChI is InChI=1S/C13H14N2O3S/c1-10(16)11-4-6-13(7-5-11)19(17,18)15-8-2-3-12(15)9-14/h4-7,12H,2-3,8H2,1H3. The fraction of sp³-hybridized carbons (Fsp3) is 0.385. The highest BCUT2D eigenvalue weighted by Crippen LogP contribution is 2.25. The van der Waals surface area contributed by atoms with Crippen LogP contribution in [0.3, 0.4) is 0 Å². The van der Waals surface area contributed by atoms with E-state index < -0.39 is 16.1 Å². The molecule has 1 heterocycles. The van der Waals surface area contributed by atoms with Gasteiger partial charge in [-0.1, -0.05) is 12.1 Å². The van der Waals surface area contributed by atoms with Gasteiger partial charge in [0.25, 0.3) is 0 Å². The van der Waals surface area contributed by atoms with E-state index in [9.17, 15) is 13.2 Å². The van der Waals surface area contributed by atoms with E-state index in [2.05, 4.69) is 0 Å². The highest BCUT2D eigenvalue weighted by molar-refractivity contribution is 7.89. The highest BCUT2D eigenvalue weighted by Gasteiger charge is 2.35. The molecular weight excluding hydrogens is 264 g/mol. The van der Waals surface area contributed by atoms with Crippen molar-refractivity contribution in [2.45, 2.75) is 30.7 Å². The van der Waals surface area contributed by atoms with Crippen LogP contribution in [-0.2, 0) is 10.0 Å². The maximum Gasteiger partial charge on any atom is 0.244 e. The van der Waals surface area contributed by atoms with Crippen molar-refractivity contribution >= 4 is 15.8 Å². The lowest BCUT2D eigenvalue weighted by molar-refractivity contribution is 0.101. The van der Waals surface area contributed by atoms with Crippen molar-refractivity contribution in [1.82, 2.24) is 4.31 Å². The Morgan fingerprint density at radius 3 is 2.53 bits per heavy atom. The van der Waals surface area contributed by atoms with Gasteiger partial charge in [-0.25, -0.2) is 8.42 Å². The quantitative estimate of drug-likeness (QED) is 0.786. The second-order valence-electron chi connectivity index (χ2n) is 4.48. The van der Waals surface area contributed by atoms with Crippen LogP contribution in [0, 0.1) is 11.3 Å². The SMILES string of the molecule is CC(=O)c1ccc(S(=O)(=O)N2CCCC2C#N)cc1. The Morgan fingerprint density at radius 1 is 1.37 bits per heavy atom. The monoisotopic (exact) mass is 278 g/mol. The van der Waals surface area contributed by atoms with Gasteiger partial charge in [-0.05, 0) is 31.9 Å². The summed E-state index contributed by atoms with van der Waals surface area (Å²) in [6.07, 6.45) is 1.27. The van der Waals surface area contributed by atoms with Crippen LogP contribution >= 0.6 is 0 Å². The van der Waals surface area contributed by atoms with Crippen LogP contribution in [0.15, 0.2) is 29.2 Å². The van der Waals surface area contributed by atoms with E-state index in [0.717, 1.165) is 0 Å². The van der Waals surface area contributed by atoms with E-state index >= 15 is 0 Å². The number of nitriles is 1. The first-order chi connectivity index (χ1) is 8.96. The summed E-state index contributed by atoms with van der Waals surface area (Å²) in [7, 11) is -3.64. The molecule has 1 aromatic carbocycles. The molecule has 1 saturated heterocycles. The molecule has 100 valence electrons. The van der Waals surface area contributed by atoms with Gasteiger partial charge in [0.15, 0.2) is 5.78 Å². The van der Waals surface area contributed by atoms with Crippen molar-refractivity contribution in [3.05, 3.63) is 29.8 Å². The molecule has 1 aliphatic rings. The van der Waals surface area contributed by atoms with Crippen LogP contribution in [0.4, 0.5) is 0 Å². The summed E-state index contributed by atoms with van der Waals surface area (Å²) in [6, 6.07) is 7.24. The smallest absolute Gasteiger partial charge is 0.244 e. The Balaban J connectivity index is 2.35. The number of benzene rings is 1. The molecule has 1 unspecified atom stereocenters. The third-order valence-electron chi connectivity index (χ3n) is 3.22. The normalized spacial score (nSPS) is 20.1. The molecule has 19 heavy (non-hydrogen) atoms. The lowest BCUT2D eigenvalue weighted by Crippen LogP contribution is -2.34. The number of carbonyl (C=O) groups excluding carboxylic acids is 1. The molecule has 0 saturated carbocycles. The largest absolute Gasteiger partial charge is 0.295 e. The first-order valence-corrected chi connectivity index (χ1v) is 7.43.